The molecule has 1 amide bonds. The van der Waals surface area contributed by atoms with Crippen molar-refractivity contribution in [3.63, 3.8) is 0 Å². The molecule has 0 unspecified atom stereocenters. The monoisotopic (exact) mass is 395 g/mol. The Labute approximate surface area is 166 Å². The summed E-state index contributed by atoms with van der Waals surface area (Å²) in [6.07, 6.45) is 0. The number of nitrogens with one attached hydrogen (secondary N) is 2. The predicted molar refractivity (Wildman–Crippen MR) is 112 cm³/mol. The molecule has 0 fully saturated rings. The van der Waals surface area contributed by atoms with Gasteiger partial charge in [-0.1, -0.05) is 30.0 Å². The first-order chi connectivity index (χ1) is 13.1. The fraction of sp³-hybridized carbons (Fsp3) is 0.100. The van der Waals surface area contributed by atoms with Crippen molar-refractivity contribution >= 4 is 40.0 Å². The van der Waals surface area contributed by atoms with Crippen molar-refractivity contribution < 1.29 is 9.90 Å². The molecule has 1 heterocycles. The van der Waals surface area contributed by atoms with Crippen LogP contribution in [0.1, 0.15) is 12.5 Å². The molecule has 2 aromatic carbocycles. The van der Waals surface area contributed by atoms with E-state index < -0.39 is 0 Å². The van der Waals surface area contributed by atoms with Crippen molar-refractivity contribution in [3.05, 3.63) is 59.5 Å². The number of carbonyl (C=O) groups is 1. The molecule has 27 heavy (non-hydrogen) atoms. The van der Waals surface area contributed by atoms with Crippen LogP contribution >= 0.6 is 23.3 Å². The van der Waals surface area contributed by atoms with Gasteiger partial charge >= 0.3 is 0 Å². The van der Waals surface area contributed by atoms with Gasteiger partial charge in [-0.15, -0.1) is 11.3 Å². The molecular weight excluding hydrogens is 378 g/mol. The van der Waals surface area contributed by atoms with E-state index in [0.717, 1.165) is 27.4 Å². The fourth-order valence-corrected chi connectivity index (χ4v) is 3.71. The van der Waals surface area contributed by atoms with Gasteiger partial charge in [0.05, 0.1) is 5.69 Å². The molecule has 0 spiro atoms. The number of aliphatic hydroxyl groups excluding tert-OH is 1. The zero-order chi connectivity index (χ0) is 19.1. The summed E-state index contributed by atoms with van der Waals surface area (Å²) < 4.78 is 3.32. The molecule has 0 saturated carbocycles. The van der Waals surface area contributed by atoms with Gasteiger partial charge in [0.1, 0.15) is 6.61 Å². The number of aromatic nitrogens is 1. The molecule has 136 valence electrons. The van der Waals surface area contributed by atoms with Gasteiger partial charge in [-0.3, -0.25) is 4.79 Å². The second-order valence-electron chi connectivity index (χ2n) is 5.49. The van der Waals surface area contributed by atoms with Crippen LogP contribution in [0.4, 0.5) is 10.8 Å². The van der Waals surface area contributed by atoms with Crippen LogP contribution in [-0.4, -0.2) is 22.6 Å². The van der Waals surface area contributed by atoms with Crippen molar-refractivity contribution in [1.29, 1.82) is 0 Å². The zero-order valence-corrected chi connectivity index (χ0v) is 16.2. The quantitative estimate of drug-likeness (QED) is 0.445. The summed E-state index contributed by atoms with van der Waals surface area (Å²) in [6, 6.07) is 15.7. The lowest BCUT2D eigenvalue weighted by molar-refractivity contribution is -0.114. The standard InChI is InChI=1S/C20H17N3O2S2/c1-14(25)21-20-22-19(13-26-20)16-7-3-8-17(12-16)23-27-18-9-2-5-15(11-18)6-4-10-24/h2-3,5,7-9,11-13,23-24H,10H2,1H3,(H,21,22,25). The third-order valence-corrected chi connectivity index (χ3v) is 4.96. The zero-order valence-electron chi connectivity index (χ0n) is 14.5. The van der Waals surface area contributed by atoms with Gasteiger partial charge in [0.2, 0.25) is 5.91 Å². The van der Waals surface area contributed by atoms with Crippen LogP contribution in [0.25, 0.3) is 11.3 Å². The number of thiazole rings is 1. The molecule has 3 N–H and O–H groups in total. The maximum absolute atomic E-state index is 11.1. The Morgan fingerprint density at radius 1 is 1.26 bits per heavy atom. The van der Waals surface area contributed by atoms with E-state index in [2.05, 4.69) is 26.9 Å². The van der Waals surface area contributed by atoms with Crippen molar-refractivity contribution in [2.75, 3.05) is 16.6 Å². The number of anilines is 2. The summed E-state index contributed by atoms with van der Waals surface area (Å²) in [5.74, 6) is 5.42. The van der Waals surface area contributed by atoms with Gasteiger partial charge in [-0.2, -0.15) is 0 Å². The lowest BCUT2D eigenvalue weighted by atomic mass is 10.1. The highest BCUT2D eigenvalue weighted by molar-refractivity contribution is 8.00. The molecule has 0 aliphatic rings. The van der Waals surface area contributed by atoms with Gasteiger partial charge in [-0.05, 0) is 42.3 Å². The molecule has 0 radical (unpaired) electrons. The van der Waals surface area contributed by atoms with Gasteiger partial charge < -0.3 is 15.1 Å². The first-order valence-corrected chi connectivity index (χ1v) is 9.80. The number of aliphatic hydroxyl groups is 1. The summed E-state index contributed by atoms with van der Waals surface area (Å²) in [6.45, 7) is 1.32. The fourth-order valence-electron chi connectivity index (χ4n) is 2.25. The van der Waals surface area contributed by atoms with Crippen molar-refractivity contribution in [2.45, 2.75) is 11.8 Å². The van der Waals surface area contributed by atoms with E-state index in [1.807, 2.05) is 53.9 Å². The second-order valence-corrected chi connectivity index (χ2v) is 7.23. The van der Waals surface area contributed by atoms with E-state index in [4.69, 9.17) is 5.11 Å². The Bertz CT molecular complexity index is 1010. The van der Waals surface area contributed by atoms with E-state index in [-0.39, 0.29) is 12.5 Å². The number of amides is 1. The topological polar surface area (TPSA) is 74.2 Å². The minimum absolute atomic E-state index is 0.131. The summed E-state index contributed by atoms with van der Waals surface area (Å²) in [5.41, 5.74) is 3.59. The summed E-state index contributed by atoms with van der Waals surface area (Å²) in [5, 5.41) is 14.0. The van der Waals surface area contributed by atoms with Gasteiger partial charge in [0.15, 0.2) is 5.13 Å². The van der Waals surface area contributed by atoms with Crippen molar-refractivity contribution in [2.24, 2.45) is 0 Å². The number of carbonyl (C=O) groups excluding carboxylic acids is 1. The van der Waals surface area contributed by atoms with Crippen LogP contribution in [0.15, 0.2) is 58.8 Å². The minimum Gasteiger partial charge on any atom is -0.384 e. The van der Waals surface area contributed by atoms with Crippen molar-refractivity contribution in [3.8, 4) is 23.1 Å². The summed E-state index contributed by atoms with van der Waals surface area (Å²) >= 11 is 2.88. The van der Waals surface area contributed by atoms with Crippen LogP contribution in [0.3, 0.4) is 0 Å². The molecule has 0 aliphatic heterocycles. The molecule has 0 saturated heterocycles. The van der Waals surface area contributed by atoms with Crippen LogP contribution in [-0.2, 0) is 4.79 Å². The molecule has 1 aromatic heterocycles. The molecule has 7 heteroatoms. The Morgan fingerprint density at radius 3 is 2.93 bits per heavy atom. The number of rotatable bonds is 5. The highest BCUT2D eigenvalue weighted by atomic mass is 32.2. The van der Waals surface area contributed by atoms with Gasteiger partial charge in [0.25, 0.3) is 0 Å². The Balaban J connectivity index is 1.69. The number of hydrogen-bond donors (Lipinski definition) is 3. The lowest BCUT2D eigenvalue weighted by Gasteiger charge is -2.07. The van der Waals surface area contributed by atoms with Gasteiger partial charge in [0, 0.05) is 34.0 Å². The number of nitrogens with zero attached hydrogens (tertiary/aromatic N) is 1. The molecule has 3 aromatic rings. The maximum atomic E-state index is 11.1. The normalized spacial score (nSPS) is 10.0. The highest BCUT2D eigenvalue weighted by Gasteiger charge is 2.06. The molecule has 3 rings (SSSR count). The second kappa shape index (κ2) is 9.24. The van der Waals surface area contributed by atoms with Crippen molar-refractivity contribution in [1.82, 2.24) is 4.98 Å². The third-order valence-electron chi connectivity index (χ3n) is 3.38. The van der Waals surface area contributed by atoms with Crippen LogP contribution < -0.4 is 10.0 Å². The highest BCUT2D eigenvalue weighted by Crippen LogP contribution is 2.28. The number of benzene rings is 2. The van der Waals surface area contributed by atoms with E-state index in [1.54, 1.807) is 0 Å². The van der Waals surface area contributed by atoms with Crippen LogP contribution in [0, 0.1) is 11.8 Å². The Morgan fingerprint density at radius 2 is 2.11 bits per heavy atom. The number of hydrogen-bond acceptors (Lipinski definition) is 6. The van der Waals surface area contributed by atoms with E-state index in [9.17, 15) is 4.79 Å². The minimum atomic E-state index is -0.150. The maximum Gasteiger partial charge on any atom is 0.223 e. The van der Waals surface area contributed by atoms with E-state index in [1.165, 1.54) is 30.2 Å². The third kappa shape index (κ3) is 5.59. The van der Waals surface area contributed by atoms with Crippen LogP contribution in [0.5, 0.6) is 0 Å². The van der Waals surface area contributed by atoms with Crippen LogP contribution in [0.2, 0.25) is 0 Å². The molecular formula is C20H17N3O2S2. The average Bonchev–Trinajstić information content (AvgIpc) is 3.13. The Hall–Kier alpha value is -2.79. The predicted octanol–water partition coefficient (Wildman–Crippen LogP) is 4.23. The van der Waals surface area contributed by atoms with Gasteiger partial charge in [-0.25, -0.2) is 4.98 Å². The SMILES string of the molecule is CC(=O)Nc1nc(-c2cccc(NSc3cccc(C#CCO)c3)c2)cs1. The first kappa shape index (κ1) is 19.0. The molecule has 0 atom stereocenters. The molecule has 0 bridgehead atoms. The first-order valence-electron chi connectivity index (χ1n) is 8.10. The summed E-state index contributed by atoms with van der Waals surface area (Å²) in [7, 11) is 0. The lowest BCUT2D eigenvalue weighted by Crippen LogP contribution is -2.04. The summed E-state index contributed by atoms with van der Waals surface area (Å²) in [4.78, 5) is 16.6. The van der Waals surface area contributed by atoms with E-state index >= 15 is 0 Å². The average molecular weight is 396 g/mol. The smallest absolute Gasteiger partial charge is 0.223 e. The molecule has 0 aliphatic carbocycles. The largest absolute Gasteiger partial charge is 0.384 e. The molecule has 5 nitrogen and oxygen atoms in total. The Kier molecular flexibility index (Phi) is 6.49. The van der Waals surface area contributed by atoms with E-state index in [0.29, 0.717) is 5.13 Å².